The van der Waals surface area contributed by atoms with Crippen molar-refractivity contribution < 1.29 is 13.1 Å². The molecule has 0 radical (unpaired) electrons. The van der Waals surface area contributed by atoms with E-state index in [-0.39, 0.29) is 12.1 Å². The zero-order valence-electron chi connectivity index (χ0n) is 11.7. The Morgan fingerprint density at radius 1 is 1.48 bits per heavy atom. The summed E-state index contributed by atoms with van der Waals surface area (Å²) >= 11 is 2.09. The molecule has 8 heteroatoms. The Kier molecular flexibility index (Phi) is 7.23. The van der Waals surface area contributed by atoms with Crippen LogP contribution in [-0.4, -0.2) is 36.6 Å². The van der Waals surface area contributed by atoms with E-state index in [1.165, 1.54) is 9.21 Å². The molecule has 0 aromatic heterocycles. The summed E-state index contributed by atoms with van der Waals surface area (Å²) in [4.78, 5) is 0.708. The molecular weight excluding hydrogens is 423 g/mol. The topological polar surface area (TPSA) is 59.9 Å². The second kappa shape index (κ2) is 8.68. The molecule has 1 aromatic carbocycles. The molecule has 1 N–H and O–H groups in total. The van der Waals surface area contributed by atoms with Crippen LogP contribution in [0.15, 0.2) is 39.6 Å². The van der Waals surface area contributed by atoms with Crippen LogP contribution in [0.5, 0.6) is 0 Å². The number of hydrogen-bond acceptors (Lipinski definition) is 5. The van der Waals surface area contributed by atoms with Crippen molar-refractivity contribution in [3.8, 4) is 0 Å². The fourth-order valence-electron chi connectivity index (χ4n) is 2.19. The lowest BCUT2D eigenvalue weighted by Crippen LogP contribution is -2.43. The minimum Gasteiger partial charge on any atom is -0.374 e. The number of nitrogens with one attached hydrogen (secondary N) is 1. The van der Waals surface area contributed by atoms with Crippen molar-refractivity contribution in [2.24, 2.45) is 4.36 Å². The predicted octanol–water partition coefficient (Wildman–Crippen LogP) is 3.21. The summed E-state index contributed by atoms with van der Waals surface area (Å²) in [6.07, 6.45) is 1.92. The van der Waals surface area contributed by atoms with Gasteiger partial charge in [-0.1, -0.05) is 18.2 Å². The van der Waals surface area contributed by atoms with Crippen molar-refractivity contribution in [1.82, 2.24) is 4.72 Å². The second-order valence-electron chi connectivity index (χ2n) is 4.72. The third-order valence-electron chi connectivity index (χ3n) is 3.31. The van der Waals surface area contributed by atoms with Crippen LogP contribution in [0.2, 0.25) is 0 Å². The molecule has 0 bridgehead atoms. The Hall–Kier alpha value is 0.130. The zero-order chi connectivity index (χ0) is 15.1. The molecule has 5 nitrogen and oxygen atoms in total. The van der Waals surface area contributed by atoms with E-state index in [0.717, 1.165) is 12.8 Å². The quantitative estimate of drug-likeness (QED) is 0.543. The van der Waals surface area contributed by atoms with Gasteiger partial charge in [0.05, 0.1) is 33.4 Å². The first-order valence-electron chi connectivity index (χ1n) is 6.67. The van der Waals surface area contributed by atoms with E-state index in [4.69, 9.17) is 8.92 Å². The van der Waals surface area contributed by atoms with Gasteiger partial charge in [0.15, 0.2) is 0 Å². The van der Waals surface area contributed by atoms with Crippen LogP contribution in [-0.2, 0) is 18.8 Å². The molecule has 1 aromatic rings. The normalized spacial score (nSPS) is 25.2. The molecule has 1 heterocycles. The first-order valence-corrected chi connectivity index (χ1v) is 11.5. The molecular formula is C13H19IN2O3S2. The Morgan fingerprint density at radius 2 is 2.24 bits per heavy atom. The molecule has 118 valence electrons. The van der Waals surface area contributed by atoms with Gasteiger partial charge in [-0.3, -0.25) is 0 Å². The van der Waals surface area contributed by atoms with Crippen LogP contribution in [0.3, 0.4) is 0 Å². The summed E-state index contributed by atoms with van der Waals surface area (Å²) in [6.45, 7) is 1.12. The van der Waals surface area contributed by atoms with E-state index >= 15 is 0 Å². The van der Waals surface area contributed by atoms with Crippen molar-refractivity contribution >= 4 is 40.3 Å². The average Bonchev–Trinajstić information content (AvgIpc) is 2.55. The van der Waals surface area contributed by atoms with Gasteiger partial charge >= 0.3 is 0 Å². The van der Waals surface area contributed by atoms with Crippen molar-refractivity contribution in [3.05, 3.63) is 30.3 Å². The highest BCUT2D eigenvalue weighted by Gasteiger charge is 2.25. The van der Waals surface area contributed by atoms with E-state index in [1.807, 2.05) is 30.3 Å². The fraction of sp³-hybridized carbons (Fsp3) is 0.538. The van der Waals surface area contributed by atoms with E-state index in [2.05, 4.69) is 30.3 Å². The smallest absolute Gasteiger partial charge is 0.137 e. The average molecular weight is 442 g/mol. The predicted molar refractivity (Wildman–Crippen MR) is 94.7 cm³/mol. The SMILES string of the molecule is CN=S(=O)(N[C@@H]1CC[C@@H](COSI)OC1)c1ccccc1. The molecule has 2 rings (SSSR count). The molecule has 1 saturated heterocycles. The van der Waals surface area contributed by atoms with Crippen molar-refractivity contribution in [2.75, 3.05) is 20.3 Å². The number of halogens is 1. The molecule has 21 heavy (non-hydrogen) atoms. The number of ether oxygens (including phenoxy) is 1. The minimum atomic E-state index is -2.58. The molecule has 1 unspecified atom stereocenters. The number of benzene rings is 1. The monoisotopic (exact) mass is 442 g/mol. The molecule has 3 atom stereocenters. The van der Waals surface area contributed by atoms with Crippen LogP contribution in [0.1, 0.15) is 12.8 Å². The van der Waals surface area contributed by atoms with Crippen molar-refractivity contribution in [1.29, 1.82) is 0 Å². The second-order valence-corrected chi connectivity index (χ2v) is 8.28. The maximum atomic E-state index is 12.9. The maximum Gasteiger partial charge on any atom is 0.137 e. The summed E-state index contributed by atoms with van der Waals surface area (Å²) in [5.41, 5.74) is 0. The van der Waals surface area contributed by atoms with Crippen LogP contribution >= 0.6 is 30.4 Å². The van der Waals surface area contributed by atoms with Crippen LogP contribution in [0, 0.1) is 0 Å². The Labute approximate surface area is 142 Å². The Bertz CT molecular complexity index is 542. The first kappa shape index (κ1) is 17.5. The van der Waals surface area contributed by atoms with Gasteiger partial charge in [0, 0.05) is 34.3 Å². The third-order valence-corrected chi connectivity index (χ3v) is 6.38. The lowest BCUT2D eigenvalue weighted by atomic mass is 10.1. The standard InChI is InChI=1S/C13H19IN2O3S2/c1-15-21(17,13-5-3-2-4-6-13)16-11-7-8-12(18-9-11)10-19-20-14/h2-6,11-12H,7-10H2,1H3,(H,15,16,17)/t11-,12+,21?/m1/s1. The summed E-state index contributed by atoms with van der Waals surface area (Å²) < 4.78 is 31.2. The Morgan fingerprint density at radius 3 is 2.81 bits per heavy atom. The molecule has 0 amide bonds. The highest BCUT2D eigenvalue weighted by Crippen LogP contribution is 2.20. The highest BCUT2D eigenvalue weighted by molar-refractivity contribution is 14.2. The number of hydrogen-bond donors (Lipinski definition) is 1. The molecule has 1 aliphatic heterocycles. The van der Waals surface area contributed by atoms with E-state index < -0.39 is 9.92 Å². The molecule has 0 aliphatic carbocycles. The number of rotatable bonds is 6. The van der Waals surface area contributed by atoms with Crippen LogP contribution in [0.4, 0.5) is 0 Å². The van der Waals surface area contributed by atoms with Gasteiger partial charge in [0.1, 0.15) is 9.92 Å². The van der Waals surface area contributed by atoms with E-state index in [9.17, 15) is 4.21 Å². The first-order chi connectivity index (χ1) is 10.2. The molecule has 1 fully saturated rings. The minimum absolute atomic E-state index is 0.0462. The van der Waals surface area contributed by atoms with Crippen LogP contribution < -0.4 is 4.72 Å². The van der Waals surface area contributed by atoms with Gasteiger partial charge in [-0.15, -0.1) is 0 Å². The molecule has 0 saturated carbocycles. The highest BCUT2D eigenvalue weighted by atomic mass is 127. The lowest BCUT2D eigenvalue weighted by Gasteiger charge is -2.29. The largest absolute Gasteiger partial charge is 0.374 e. The number of nitrogens with zero attached hydrogens (tertiary/aromatic N) is 1. The summed E-state index contributed by atoms with van der Waals surface area (Å²) in [5, 5.41) is 0. The van der Waals surface area contributed by atoms with Gasteiger partial charge in [-0.2, -0.15) is 0 Å². The van der Waals surface area contributed by atoms with Gasteiger partial charge in [-0.25, -0.2) is 13.3 Å². The summed E-state index contributed by atoms with van der Waals surface area (Å²) in [5.74, 6) is 0. The van der Waals surface area contributed by atoms with E-state index in [1.54, 1.807) is 7.05 Å². The molecule has 0 spiro atoms. The van der Waals surface area contributed by atoms with Crippen LogP contribution in [0.25, 0.3) is 0 Å². The third kappa shape index (κ3) is 5.07. The van der Waals surface area contributed by atoms with Gasteiger partial charge in [-0.05, 0) is 25.0 Å². The Balaban J connectivity index is 1.94. The van der Waals surface area contributed by atoms with Gasteiger partial charge in [0.25, 0.3) is 0 Å². The lowest BCUT2D eigenvalue weighted by molar-refractivity contribution is -0.0182. The van der Waals surface area contributed by atoms with Crippen molar-refractivity contribution in [2.45, 2.75) is 29.9 Å². The van der Waals surface area contributed by atoms with Crippen molar-refractivity contribution in [3.63, 3.8) is 0 Å². The van der Waals surface area contributed by atoms with Gasteiger partial charge < -0.3 is 8.92 Å². The summed E-state index contributed by atoms with van der Waals surface area (Å²) in [7, 11) is 0.323. The molecule has 1 aliphatic rings. The summed E-state index contributed by atoms with van der Waals surface area (Å²) in [6, 6.07) is 9.35. The zero-order valence-corrected chi connectivity index (χ0v) is 15.5. The fourth-order valence-corrected chi connectivity index (χ4v) is 4.45. The van der Waals surface area contributed by atoms with E-state index in [0.29, 0.717) is 18.1 Å². The van der Waals surface area contributed by atoms with Gasteiger partial charge in [0.2, 0.25) is 0 Å². The maximum absolute atomic E-state index is 12.9.